The minimum Gasteiger partial charge on any atom is -0.472 e. The Morgan fingerprint density at radius 2 is 2.45 bits per heavy atom. The maximum atomic E-state index is 9.56. The van der Waals surface area contributed by atoms with Crippen molar-refractivity contribution in [2.24, 2.45) is 5.92 Å². The molecule has 1 atom stereocenters. The molecule has 1 aromatic rings. The maximum Gasteiger partial charge on any atom is 0.0960 e. The van der Waals surface area contributed by atoms with E-state index in [9.17, 15) is 5.11 Å². The molecule has 1 aliphatic rings. The molecule has 2 nitrogen and oxygen atoms in total. The third-order valence-electron chi connectivity index (χ3n) is 2.18. The number of aliphatic hydroxyl groups is 1. The third kappa shape index (κ3) is 1.63. The Morgan fingerprint density at radius 1 is 1.64 bits per heavy atom. The predicted octanol–water partition coefficient (Wildman–Crippen LogP) is 2.11. The highest BCUT2D eigenvalue weighted by Gasteiger charge is 2.25. The highest BCUT2D eigenvalue weighted by Crippen LogP contribution is 2.37. The molecule has 0 spiro atoms. The molecule has 60 valence electrons. The van der Waals surface area contributed by atoms with Crippen LogP contribution in [0.2, 0.25) is 0 Å². The van der Waals surface area contributed by atoms with E-state index in [0.717, 1.165) is 17.9 Å². The highest BCUT2D eigenvalue weighted by atomic mass is 16.3. The van der Waals surface area contributed by atoms with Crippen molar-refractivity contribution < 1.29 is 9.52 Å². The minimum absolute atomic E-state index is 0.304. The molecule has 0 saturated heterocycles. The van der Waals surface area contributed by atoms with Crippen molar-refractivity contribution in [3.8, 4) is 0 Å². The predicted molar refractivity (Wildman–Crippen MR) is 41.0 cm³/mol. The van der Waals surface area contributed by atoms with Gasteiger partial charge in [-0.05, 0) is 18.4 Å². The van der Waals surface area contributed by atoms with Crippen LogP contribution >= 0.6 is 0 Å². The second kappa shape index (κ2) is 2.70. The molecule has 1 aliphatic carbocycles. The quantitative estimate of drug-likeness (QED) is 0.719. The average molecular weight is 152 g/mol. The summed E-state index contributed by atoms with van der Waals surface area (Å²) in [4.78, 5) is 0. The lowest BCUT2D eigenvalue weighted by Gasteiger charge is -2.05. The topological polar surface area (TPSA) is 33.4 Å². The summed E-state index contributed by atoms with van der Waals surface area (Å²) in [5.74, 6) is 0.764. The summed E-state index contributed by atoms with van der Waals surface area (Å²) >= 11 is 0. The van der Waals surface area contributed by atoms with Crippen LogP contribution in [0.5, 0.6) is 0 Å². The Labute approximate surface area is 65.8 Å². The minimum atomic E-state index is -0.304. The molecule has 1 saturated carbocycles. The van der Waals surface area contributed by atoms with Gasteiger partial charge < -0.3 is 9.52 Å². The summed E-state index contributed by atoms with van der Waals surface area (Å²) in [6, 6.07) is 1.83. The van der Waals surface area contributed by atoms with Gasteiger partial charge in [0.05, 0.1) is 18.6 Å². The fraction of sp³-hybridized carbons (Fsp3) is 0.556. The second-order valence-electron chi connectivity index (χ2n) is 3.25. The molecule has 11 heavy (non-hydrogen) atoms. The Morgan fingerprint density at radius 3 is 3.00 bits per heavy atom. The zero-order valence-corrected chi connectivity index (χ0v) is 6.36. The zero-order valence-electron chi connectivity index (χ0n) is 6.36. The lowest BCUT2D eigenvalue weighted by molar-refractivity contribution is 0.159. The summed E-state index contributed by atoms with van der Waals surface area (Å²) in [5.41, 5.74) is 0.914. The number of hydrogen-bond donors (Lipinski definition) is 1. The van der Waals surface area contributed by atoms with Gasteiger partial charge in [0.2, 0.25) is 0 Å². The lowest BCUT2D eigenvalue weighted by atomic mass is 10.1. The molecule has 1 fully saturated rings. The highest BCUT2D eigenvalue weighted by molar-refractivity contribution is 5.09. The molecule has 0 bridgehead atoms. The average Bonchev–Trinajstić information content (AvgIpc) is 2.67. The van der Waals surface area contributed by atoms with Gasteiger partial charge in [-0.3, -0.25) is 0 Å². The van der Waals surface area contributed by atoms with Crippen LogP contribution in [0.25, 0.3) is 0 Å². The fourth-order valence-electron chi connectivity index (χ4n) is 1.27. The Hall–Kier alpha value is -0.760. The van der Waals surface area contributed by atoms with Crippen molar-refractivity contribution in [1.29, 1.82) is 0 Å². The lowest BCUT2D eigenvalue weighted by Crippen LogP contribution is -1.95. The van der Waals surface area contributed by atoms with E-state index in [-0.39, 0.29) is 6.10 Å². The van der Waals surface area contributed by atoms with E-state index in [1.54, 1.807) is 12.5 Å². The van der Waals surface area contributed by atoms with Crippen LogP contribution in [-0.2, 0) is 0 Å². The van der Waals surface area contributed by atoms with Gasteiger partial charge in [0, 0.05) is 5.56 Å². The second-order valence-corrected chi connectivity index (χ2v) is 3.25. The van der Waals surface area contributed by atoms with Crippen molar-refractivity contribution in [3.63, 3.8) is 0 Å². The number of hydrogen-bond acceptors (Lipinski definition) is 2. The summed E-state index contributed by atoms with van der Waals surface area (Å²) in [6.45, 7) is 0. The molecular formula is C9H12O2. The van der Waals surface area contributed by atoms with Crippen LogP contribution in [0.15, 0.2) is 23.0 Å². The molecule has 0 radical (unpaired) electrons. The maximum absolute atomic E-state index is 9.56. The molecule has 0 amide bonds. The first kappa shape index (κ1) is 6.92. The molecule has 1 N–H and O–H groups in total. The smallest absolute Gasteiger partial charge is 0.0960 e. The summed E-state index contributed by atoms with van der Waals surface area (Å²) < 4.78 is 4.88. The first-order chi connectivity index (χ1) is 5.36. The third-order valence-corrected chi connectivity index (χ3v) is 2.18. The van der Waals surface area contributed by atoms with E-state index in [1.165, 1.54) is 12.8 Å². The van der Waals surface area contributed by atoms with Gasteiger partial charge in [-0.15, -0.1) is 0 Å². The number of rotatable bonds is 3. The van der Waals surface area contributed by atoms with Crippen LogP contribution in [0, 0.1) is 5.92 Å². The van der Waals surface area contributed by atoms with Gasteiger partial charge in [-0.2, -0.15) is 0 Å². The standard InChI is InChI=1S/C9H12O2/c10-9(5-7-1-2-7)8-3-4-11-6-8/h3-4,6-7,9-10H,1-2,5H2. The summed E-state index contributed by atoms with van der Waals surface area (Å²) in [7, 11) is 0. The van der Waals surface area contributed by atoms with Crippen molar-refractivity contribution in [2.75, 3.05) is 0 Å². The van der Waals surface area contributed by atoms with Crippen molar-refractivity contribution in [2.45, 2.75) is 25.4 Å². The van der Waals surface area contributed by atoms with E-state index in [4.69, 9.17) is 4.42 Å². The molecule has 2 rings (SSSR count). The fourth-order valence-corrected chi connectivity index (χ4v) is 1.27. The van der Waals surface area contributed by atoms with Crippen LogP contribution in [0.4, 0.5) is 0 Å². The molecule has 0 aromatic carbocycles. The van der Waals surface area contributed by atoms with Crippen molar-refractivity contribution in [3.05, 3.63) is 24.2 Å². The van der Waals surface area contributed by atoms with Crippen LogP contribution < -0.4 is 0 Å². The van der Waals surface area contributed by atoms with E-state index in [1.807, 2.05) is 6.07 Å². The number of aliphatic hydroxyl groups excluding tert-OH is 1. The zero-order chi connectivity index (χ0) is 7.68. The molecule has 0 aliphatic heterocycles. The molecule has 1 heterocycles. The number of furan rings is 1. The van der Waals surface area contributed by atoms with Gasteiger partial charge in [-0.1, -0.05) is 12.8 Å². The summed E-state index contributed by atoms with van der Waals surface area (Å²) in [6.07, 6.45) is 6.39. The normalized spacial score (nSPS) is 20.1. The molecule has 1 unspecified atom stereocenters. The van der Waals surface area contributed by atoms with Gasteiger partial charge >= 0.3 is 0 Å². The Balaban J connectivity index is 1.93. The van der Waals surface area contributed by atoms with E-state index in [2.05, 4.69) is 0 Å². The van der Waals surface area contributed by atoms with E-state index in [0.29, 0.717) is 0 Å². The van der Waals surface area contributed by atoms with Gasteiger partial charge in [-0.25, -0.2) is 0 Å². The van der Waals surface area contributed by atoms with Crippen molar-refractivity contribution >= 4 is 0 Å². The first-order valence-electron chi connectivity index (χ1n) is 4.06. The molecule has 2 heteroatoms. The van der Waals surface area contributed by atoms with E-state index >= 15 is 0 Å². The summed E-state index contributed by atoms with van der Waals surface area (Å²) in [5, 5.41) is 9.56. The van der Waals surface area contributed by atoms with Crippen LogP contribution in [0.3, 0.4) is 0 Å². The first-order valence-corrected chi connectivity index (χ1v) is 4.06. The Kier molecular flexibility index (Phi) is 1.70. The molecule has 1 aromatic heterocycles. The van der Waals surface area contributed by atoms with Gasteiger partial charge in [0.15, 0.2) is 0 Å². The van der Waals surface area contributed by atoms with Crippen LogP contribution in [0.1, 0.15) is 30.9 Å². The van der Waals surface area contributed by atoms with Gasteiger partial charge in [0.1, 0.15) is 0 Å². The van der Waals surface area contributed by atoms with Gasteiger partial charge in [0.25, 0.3) is 0 Å². The largest absolute Gasteiger partial charge is 0.472 e. The van der Waals surface area contributed by atoms with E-state index < -0.39 is 0 Å². The van der Waals surface area contributed by atoms with Crippen molar-refractivity contribution in [1.82, 2.24) is 0 Å². The Bertz CT molecular complexity index is 211. The SMILES string of the molecule is OC(CC1CC1)c1ccoc1. The molecular weight excluding hydrogens is 140 g/mol. The monoisotopic (exact) mass is 152 g/mol. The van der Waals surface area contributed by atoms with Crippen LogP contribution in [-0.4, -0.2) is 5.11 Å².